The number of likely N-dealkylation sites (N-methyl/N-ethyl adjacent to an activating group) is 1. The van der Waals surface area contributed by atoms with E-state index in [9.17, 15) is 9.90 Å². The molecule has 4 nitrogen and oxygen atoms in total. The normalized spacial score (nSPS) is 24.6. The fourth-order valence-corrected chi connectivity index (χ4v) is 3.66. The molecule has 1 saturated carbocycles. The van der Waals surface area contributed by atoms with E-state index in [2.05, 4.69) is 29.4 Å². The molecule has 1 fully saturated rings. The molecule has 1 aromatic rings. The number of rotatable bonds is 3. The second-order valence-corrected chi connectivity index (χ2v) is 6.62. The molecule has 1 heterocycles. The van der Waals surface area contributed by atoms with Crippen molar-refractivity contribution in [3.8, 4) is 0 Å². The number of nitrogens with one attached hydrogen (secondary N) is 1. The van der Waals surface area contributed by atoms with E-state index in [4.69, 9.17) is 0 Å². The fourth-order valence-electron chi connectivity index (χ4n) is 3.66. The largest absolute Gasteiger partial charge is 0.389 e. The van der Waals surface area contributed by atoms with Gasteiger partial charge in [0.05, 0.1) is 18.1 Å². The molecule has 21 heavy (non-hydrogen) atoms. The van der Waals surface area contributed by atoms with E-state index < -0.39 is 5.60 Å². The van der Waals surface area contributed by atoms with Crippen LogP contribution in [0.2, 0.25) is 0 Å². The van der Waals surface area contributed by atoms with Crippen molar-refractivity contribution in [2.24, 2.45) is 0 Å². The molecule has 4 heteroatoms. The average Bonchev–Trinajstić information content (AvgIpc) is 2.84. The molecule has 1 amide bonds. The number of nitrogens with zero attached hydrogens (tertiary/aromatic N) is 1. The van der Waals surface area contributed by atoms with Gasteiger partial charge in [0.15, 0.2) is 0 Å². The summed E-state index contributed by atoms with van der Waals surface area (Å²) in [4.78, 5) is 14.5. The fraction of sp³-hybridized carbons (Fsp3) is 0.588. The van der Waals surface area contributed by atoms with E-state index >= 15 is 0 Å². The van der Waals surface area contributed by atoms with Gasteiger partial charge in [0.25, 0.3) is 0 Å². The second kappa shape index (κ2) is 5.78. The minimum atomic E-state index is -0.774. The molecule has 114 valence electrons. The Morgan fingerprint density at radius 1 is 1.38 bits per heavy atom. The van der Waals surface area contributed by atoms with Crippen molar-refractivity contribution in [1.82, 2.24) is 10.2 Å². The van der Waals surface area contributed by atoms with Crippen molar-refractivity contribution in [2.75, 3.05) is 13.6 Å². The van der Waals surface area contributed by atoms with Crippen LogP contribution in [0.25, 0.3) is 0 Å². The lowest BCUT2D eigenvalue weighted by Gasteiger charge is -2.33. The number of fused-ring (bicyclic) bond motifs is 1. The number of carbonyl (C=O) groups excluding carboxylic acids is 1. The van der Waals surface area contributed by atoms with Gasteiger partial charge in [-0.3, -0.25) is 9.69 Å². The molecule has 1 aliphatic heterocycles. The summed E-state index contributed by atoms with van der Waals surface area (Å²) in [6.45, 7) is 1.74. The van der Waals surface area contributed by atoms with Crippen molar-refractivity contribution < 1.29 is 9.90 Å². The second-order valence-electron chi connectivity index (χ2n) is 6.62. The maximum Gasteiger partial charge on any atom is 0.223 e. The standard InChI is InChI=1S/C17H24N2O2/c1-19-11-13-6-2-3-7-14(13)15(12-19)18-16(20)10-17(21)8-4-5-9-17/h2-3,6-7,15,21H,4-5,8-12H2,1H3,(H,18,20). The van der Waals surface area contributed by atoms with E-state index in [1.54, 1.807) is 0 Å². The summed E-state index contributed by atoms with van der Waals surface area (Å²) in [6.07, 6.45) is 3.79. The van der Waals surface area contributed by atoms with Gasteiger partial charge >= 0.3 is 0 Å². The first-order valence-corrected chi connectivity index (χ1v) is 7.84. The van der Waals surface area contributed by atoms with Crippen molar-refractivity contribution in [1.29, 1.82) is 0 Å². The molecule has 3 rings (SSSR count). The van der Waals surface area contributed by atoms with Crippen LogP contribution in [0.1, 0.15) is 49.3 Å². The van der Waals surface area contributed by atoms with Gasteiger partial charge in [0, 0.05) is 13.1 Å². The number of benzene rings is 1. The van der Waals surface area contributed by atoms with Crippen molar-refractivity contribution >= 4 is 5.91 Å². The predicted octanol–water partition coefficient (Wildman–Crippen LogP) is 1.98. The first-order valence-electron chi connectivity index (χ1n) is 7.84. The molecule has 1 atom stereocenters. The third-order valence-corrected chi connectivity index (χ3v) is 4.72. The smallest absolute Gasteiger partial charge is 0.223 e. The highest BCUT2D eigenvalue weighted by Gasteiger charge is 2.34. The summed E-state index contributed by atoms with van der Waals surface area (Å²) in [7, 11) is 2.07. The third-order valence-electron chi connectivity index (χ3n) is 4.72. The summed E-state index contributed by atoms with van der Waals surface area (Å²) < 4.78 is 0. The molecule has 1 aliphatic carbocycles. The van der Waals surface area contributed by atoms with Crippen LogP contribution < -0.4 is 5.32 Å². The summed E-state index contributed by atoms with van der Waals surface area (Å²) in [5.41, 5.74) is 1.71. The summed E-state index contributed by atoms with van der Waals surface area (Å²) in [6, 6.07) is 8.30. The van der Waals surface area contributed by atoms with E-state index in [1.165, 1.54) is 11.1 Å². The first-order chi connectivity index (χ1) is 10.1. The van der Waals surface area contributed by atoms with Gasteiger partial charge in [-0.25, -0.2) is 0 Å². The topological polar surface area (TPSA) is 52.6 Å². The molecule has 2 aliphatic rings. The summed E-state index contributed by atoms with van der Waals surface area (Å²) in [5, 5.41) is 13.5. The highest BCUT2D eigenvalue weighted by atomic mass is 16.3. The quantitative estimate of drug-likeness (QED) is 0.894. The van der Waals surface area contributed by atoms with Crippen molar-refractivity contribution in [2.45, 2.75) is 50.3 Å². The molecular weight excluding hydrogens is 264 g/mol. The molecule has 0 saturated heterocycles. The Morgan fingerprint density at radius 3 is 2.86 bits per heavy atom. The Balaban J connectivity index is 1.68. The van der Waals surface area contributed by atoms with Crippen molar-refractivity contribution in [3.63, 3.8) is 0 Å². The van der Waals surface area contributed by atoms with Gasteiger partial charge in [-0.15, -0.1) is 0 Å². The Bertz CT molecular complexity index is 523. The molecule has 0 bridgehead atoms. The average molecular weight is 288 g/mol. The van der Waals surface area contributed by atoms with Gasteiger partial charge in [-0.2, -0.15) is 0 Å². The minimum Gasteiger partial charge on any atom is -0.389 e. The molecule has 2 N–H and O–H groups in total. The number of carbonyl (C=O) groups is 1. The Morgan fingerprint density at radius 2 is 2.10 bits per heavy atom. The monoisotopic (exact) mass is 288 g/mol. The van der Waals surface area contributed by atoms with Crippen LogP contribution in [-0.2, 0) is 11.3 Å². The van der Waals surface area contributed by atoms with E-state index in [0.717, 1.165) is 38.8 Å². The van der Waals surface area contributed by atoms with E-state index in [0.29, 0.717) is 0 Å². The lowest BCUT2D eigenvalue weighted by molar-refractivity contribution is -0.126. The maximum absolute atomic E-state index is 12.3. The minimum absolute atomic E-state index is 0.0254. The van der Waals surface area contributed by atoms with Gasteiger partial charge in [-0.05, 0) is 31.0 Å². The molecule has 0 radical (unpaired) electrons. The van der Waals surface area contributed by atoms with Crippen LogP contribution in [-0.4, -0.2) is 35.1 Å². The van der Waals surface area contributed by atoms with Crippen LogP contribution in [0.4, 0.5) is 0 Å². The molecular formula is C17H24N2O2. The van der Waals surface area contributed by atoms with Gasteiger partial charge < -0.3 is 10.4 Å². The molecule has 0 aromatic heterocycles. The number of hydrogen-bond acceptors (Lipinski definition) is 3. The Hall–Kier alpha value is -1.39. The van der Waals surface area contributed by atoms with Gasteiger partial charge in [-0.1, -0.05) is 37.1 Å². The van der Waals surface area contributed by atoms with Gasteiger partial charge in [0.2, 0.25) is 5.91 Å². The van der Waals surface area contributed by atoms with Crippen LogP contribution in [0.3, 0.4) is 0 Å². The Labute approximate surface area is 126 Å². The van der Waals surface area contributed by atoms with E-state index in [1.807, 2.05) is 12.1 Å². The van der Waals surface area contributed by atoms with Crippen molar-refractivity contribution in [3.05, 3.63) is 35.4 Å². The molecule has 1 unspecified atom stereocenters. The predicted molar refractivity (Wildman–Crippen MR) is 81.7 cm³/mol. The van der Waals surface area contributed by atoms with E-state index in [-0.39, 0.29) is 18.4 Å². The highest BCUT2D eigenvalue weighted by molar-refractivity contribution is 5.77. The highest BCUT2D eigenvalue weighted by Crippen LogP contribution is 2.33. The zero-order valence-electron chi connectivity index (χ0n) is 12.6. The van der Waals surface area contributed by atoms with Gasteiger partial charge in [0.1, 0.15) is 0 Å². The SMILES string of the molecule is CN1Cc2ccccc2C(NC(=O)CC2(O)CCCC2)C1. The van der Waals surface area contributed by atoms with Crippen LogP contribution >= 0.6 is 0 Å². The number of hydrogen-bond donors (Lipinski definition) is 2. The first kappa shape index (κ1) is 14.5. The molecule has 0 spiro atoms. The molecule has 1 aromatic carbocycles. The zero-order chi connectivity index (χ0) is 14.9. The van der Waals surface area contributed by atoms with Crippen LogP contribution in [0, 0.1) is 0 Å². The lowest BCUT2D eigenvalue weighted by Crippen LogP contribution is -2.42. The Kier molecular flexibility index (Phi) is 4.00. The van der Waals surface area contributed by atoms with Crippen LogP contribution in [0.15, 0.2) is 24.3 Å². The maximum atomic E-state index is 12.3. The van der Waals surface area contributed by atoms with Crippen LogP contribution in [0.5, 0.6) is 0 Å². The number of amides is 1. The number of aliphatic hydroxyl groups is 1. The summed E-state index contributed by atoms with van der Waals surface area (Å²) >= 11 is 0. The summed E-state index contributed by atoms with van der Waals surface area (Å²) in [5.74, 6) is -0.0329. The lowest BCUT2D eigenvalue weighted by atomic mass is 9.94. The third kappa shape index (κ3) is 3.27. The zero-order valence-corrected chi connectivity index (χ0v) is 12.6.